The third-order valence-corrected chi connectivity index (χ3v) is 9.55. The summed E-state index contributed by atoms with van der Waals surface area (Å²) in [4.78, 5) is 33.0. The van der Waals surface area contributed by atoms with Crippen LogP contribution >= 0.6 is 0 Å². The molecule has 2 aromatic rings. The number of amides is 2. The number of carbonyl (C=O) groups excluding carboxylic acids is 2. The highest BCUT2D eigenvalue weighted by atomic mass is 19.4. The van der Waals surface area contributed by atoms with Crippen LogP contribution in [0.2, 0.25) is 0 Å². The van der Waals surface area contributed by atoms with Crippen molar-refractivity contribution in [2.24, 2.45) is 11.7 Å². The first-order valence-electron chi connectivity index (χ1n) is 16.9. The molecule has 2 heterocycles. The topological polar surface area (TPSA) is 133 Å². The number of piperidine rings is 1. The number of ether oxygens (including phenoxy) is 3. The number of benzene rings is 2. The number of hydrogen-bond acceptors (Lipinski definition) is 9. The lowest BCUT2D eigenvalue weighted by atomic mass is 9.94. The summed E-state index contributed by atoms with van der Waals surface area (Å²) in [5.74, 6) is 0.374. The molecule has 5 rings (SSSR count). The zero-order chi connectivity index (χ0) is 36.2. The Balaban J connectivity index is 1.40. The first-order chi connectivity index (χ1) is 23.8. The molecule has 0 unspecified atom stereocenters. The van der Waals surface area contributed by atoms with Gasteiger partial charge in [-0.25, -0.2) is 0 Å². The van der Waals surface area contributed by atoms with Crippen molar-refractivity contribution in [2.75, 3.05) is 58.4 Å². The standard InChI is InChI=1S/C36H47F3N6O5/c1-35(2,34(47)43-16-13-42-14-17-43)50-30-12-11-29(48-3)31(32(30)49-4)44-15-5-6-25(21-44)33(46)45(27-9-10-27)22-24-8-7-23(26(19-40)20-41)18-28(24)36(37,38)39/h7-8,11-12,18-20,25,27,40,42H,5-6,9-10,13-17,21-22,41H2,1-4H3/b26-20+,40-19?/t25-/m1/s1. The molecule has 50 heavy (non-hydrogen) atoms. The van der Waals surface area contributed by atoms with Crippen molar-refractivity contribution < 1.29 is 37.0 Å². The van der Waals surface area contributed by atoms with Crippen molar-refractivity contribution >= 4 is 29.3 Å². The summed E-state index contributed by atoms with van der Waals surface area (Å²) in [7, 11) is 3.05. The molecule has 1 aliphatic carbocycles. The number of alkyl halides is 3. The molecule has 1 saturated carbocycles. The lowest BCUT2D eigenvalue weighted by Crippen LogP contribution is -2.54. The smallest absolute Gasteiger partial charge is 0.416 e. The molecule has 0 spiro atoms. The van der Waals surface area contributed by atoms with E-state index in [4.69, 9.17) is 25.4 Å². The lowest BCUT2D eigenvalue weighted by molar-refractivity contribution is -0.146. The zero-order valence-electron chi connectivity index (χ0n) is 29.1. The molecule has 0 aromatic heterocycles. The van der Waals surface area contributed by atoms with Crippen molar-refractivity contribution in [2.45, 2.75) is 63.9 Å². The fourth-order valence-electron chi connectivity index (χ4n) is 6.80. The van der Waals surface area contributed by atoms with Gasteiger partial charge in [-0.2, -0.15) is 13.2 Å². The fourth-order valence-corrected chi connectivity index (χ4v) is 6.80. The molecule has 2 amide bonds. The third kappa shape index (κ3) is 7.95. The largest absolute Gasteiger partial charge is 0.494 e. The lowest BCUT2D eigenvalue weighted by Gasteiger charge is -2.38. The summed E-state index contributed by atoms with van der Waals surface area (Å²) in [5.41, 5.74) is 4.39. The summed E-state index contributed by atoms with van der Waals surface area (Å²) in [5, 5.41) is 10.8. The Labute approximate surface area is 291 Å². The minimum Gasteiger partial charge on any atom is -0.494 e. The van der Waals surface area contributed by atoms with Crippen LogP contribution in [-0.4, -0.2) is 93.0 Å². The average molecular weight is 701 g/mol. The quantitative estimate of drug-likeness (QED) is 0.272. The minimum atomic E-state index is -4.67. The zero-order valence-corrected chi connectivity index (χ0v) is 29.1. The van der Waals surface area contributed by atoms with Crippen molar-refractivity contribution in [3.8, 4) is 17.2 Å². The van der Waals surface area contributed by atoms with Gasteiger partial charge < -0.3 is 45.4 Å². The van der Waals surface area contributed by atoms with E-state index in [2.05, 4.69) is 5.32 Å². The highest BCUT2D eigenvalue weighted by Crippen LogP contribution is 2.47. The summed E-state index contributed by atoms with van der Waals surface area (Å²) in [6, 6.07) is 7.16. The van der Waals surface area contributed by atoms with E-state index in [1.54, 1.807) is 35.8 Å². The Bertz CT molecular complexity index is 1600. The monoisotopic (exact) mass is 700 g/mol. The van der Waals surface area contributed by atoms with Gasteiger partial charge in [0, 0.05) is 69.8 Å². The number of halogens is 3. The summed E-state index contributed by atoms with van der Waals surface area (Å²) >= 11 is 0. The molecular formula is C36H47F3N6O5. The Kier molecular flexibility index (Phi) is 11.2. The van der Waals surface area contributed by atoms with Gasteiger partial charge in [-0.05, 0) is 68.9 Å². The number of piperazine rings is 1. The SMILES string of the molecule is COc1ccc(OC(C)(C)C(=O)N2CCNCC2)c(OC)c1N1CCC[C@@H](C(=O)N(Cc2ccc(/C(C=N)=C/N)cc2C(F)(F)F)C2CC2)C1. The molecule has 14 heteroatoms. The van der Waals surface area contributed by atoms with Crippen LogP contribution in [0.15, 0.2) is 36.5 Å². The van der Waals surface area contributed by atoms with Crippen LogP contribution in [-0.2, 0) is 22.3 Å². The van der Waals surface area contributed by atoms with Crippen molar-refractivity contribution in [1.82, 2.24) is 15.1 Å². The molecular weight excluding hydrogens is 653 g/mol. The second kappa shape index (κ2) is 15.2. The van der Waals surface area contributed by atoms with E-state index in [1.165, 1.54) is 26.4 Å². The molecule has 3 fully saturated rings. The highest BCUT2D eigenvalue weighted by Gasteiger charge is 2.41. The van der Waals surface area contributed by atoms with Gasteiger partial charge in [0.25, 0.3) is 5.91 Å². The molecule has 4 N–H and O–H groups in total. The van der Waals surface area contributed by atoms with Crippen LogP contribution < -0.4 is 30.2 Å². The molecule has 2 aromatic carbocycles. The van der Waals surface area contributed by atoms with Gasteiger partial charge in [0.1, 0.15) is 11.4 Å². The van der Waals surface area contributed by atoms with Crippen LogP contribution in [0.5, 0.6) is 17.2 Å². The number of nitrogens with one attached hydrogen (secondary N) is 2. The van der Waals surface area contributed by atoms with Gasteiger partial charge >= 0.3 is 6.18 Å². The fraction of sp³-hybridized carbons (Fsp3) is 0.528. The predicted molar refractivity (Wildman–Crippen MR) is 185 cm³/mol. The average Bonchev–Trinajstić information content (AvgIpc) is 3.96. The number of allylic oxidation sites excluding steroid dienone is 1. The maximum Gasteiger partial charge on any atom is 0.416 e. The van der Waals surface area contributed by atoms with Crippen LogP contribution in [0.25, 0.3) is 5.57 Å². The third-order valence-electron chi connectivity index (χ3n) is 9.55. The molecule has 272 valence electrons. The van der Waals surface area contributed by atoms with E-state index in [9.17, 15) is 22.8 Å². The van der Waals surface area contributed by atoms with Crippen LogP contribution in [0.3, 0.4) is 0 Å². The van der Waals surface area contributed by atoms with Crippen LogP contribution in [0.4, 0.5) is 18.9 Å². The Morgan fingerprint density at radius 3 is 2.34 bits per heavy atom. The van der Waals surface area contributed by atoms with Crippen LogP contribution in [0, 0.1) is 11.3 Å². The Hall–Kier alpha value is -4.46. The summed E-state index contributed by atoms with van der Waals surface area (Å²) < 4.78 is 60.9. The first kappa shape index (κ1) is 36.8. The highest BCUT2D eigenvalue weighted by molar-refractivity contribution is 6.08. The molecule has 0 radical (unpaired) electrons. The molecule has 3 aliphatic rings. The van der Waals surface area contributed by atoms with E-state index in [1.807, 2.05) is 4.90 Å². The van der Waals surface area contributed by atoms with Crippen molar-refractivity contribution in [3.05, 3.63) is 53.2 Å². The van der Waals surface area contributed by atoms with Gasteiger partial charge in [0.05, 0.1) is 25.7 Å². The number of anilines is 1. The number of methoxy groups -OCH3 is 2. The molecule has 1 atom stereocenters. The minimum absolute atomic E-state index is 0.0123. The number of nitrogens with zero attached hydrogens (tertiary/aromatic N) is 3. The Morgan fingerprint density at radius 1 is 1.04 bits per heavy atom. The van der Waals surface area contributed by atoms with Gasteiger partial charge in [0.15, 0.2) is 17.1 Å². The maximum atomic E-state index is 14.3. The van der Waals surface area contributed by atoms with Gasteiger partial charge in [-0.1, -0.05) is 12.1 Å². The Morgan fingerprint density at radius 2 is 1.74 bits per heavy atom. The predicted octanol–water partition coefficient (Wildman–Crippen LogP) is 4.67. The first-order valence-corrected chi connectivity index (χ1v) is 16.9. The van der Waals surface area contributed by atoms with E-state index in [0.29, 0.717) is 68.5 Å². The molecule has 0 bridgehead atoms. The van der Waals surface area contributed by atoms with E-state index in [0.717, 1.165) is 31.3 Å². The number of nitrogens with two attached hydrogens (primary N) is 1. The maximum absolute atomic E-state index is 14.3. The summed E-state index contributed by atoms with van der Waals surface area (Å²) in [6.45, 7) is 6.71. The number of carbonyl (C=O) groups is 2. The van der Waals surface area contributed by atoms with E-state index in [-0.39, 0.29) is 47.6 Å². The number of hydrogen-bond donors (Lipinski definition) is 3. The van der Waals surface area contributed by atoms with E-state index < -0.39 is 23.3 Å². The van der Waals surface area contributed by atoms with Crippen molar-refractivity contribution in [1.29, 1.82) is 5.41 Å². The van der Waals surface area contributed by atoms with Gasteiger partial charge in [-0.15, -0.1) is 0 Å². The van der Waals surface area contributed by atoms with Gasteiger partial charge in [-0.3, -0.25) is 9.59 Å². The molecule has 2 aliphatic heterocycles. The van der Waals surface area contributed by atoms with E-state index >= 15 is 0 Å². The van der Waals surface area contributed by atoms with Crippen molar-refractivity contribution in [3.63, 3.8) is 0 Å². The molecule has 11 nitrogen and oxygen atoms in total. The molecule has 2 saturated heterocycles. The second-order valence-corrected chi connectivity index (χ2v) is 13.4. The second-order valence-electron chi connectivity index (χ2n) is 13.4. The normalized spacial score (nSPS) is 18.8. The number of rotatable bonds is 12. The summed E-state index contributed by atoms with van der Waals surface area (Å²) in [6.07, 6.45) is -0.00390. The van der Waals surface area contributed by atoms with Crippen LogP contribution in [0.1, 0.15) is 56.2 Å². The van der Waals surface area contributed by atoms with Gasteiger partial charge in [0.2, 0.25) is 5.91 Å².